The Bertz CT molecular complexity index is 448. The molecule has 1 aromatic rings. The molecule has 2 rings (SSSR count). The van der Waals surface area contributed by atoms with Crippen LogP contribution in [0, 0.1) is 11.8 Å². The third-order valence-electron chi connectivity index (χ3n) is 3.94. The number of hydrogen-bond donors (Lipinski definition) is 2. The van der Waals surface area contributed by atoms with Crippen molar-refractivity contribution in [2.24, 2.45) is 17.6 Å². The van der Waals surface area contributed by atoms with Crippen LogP contribution in [0.25, 0.3) is 0 Å². The molecular weight excluding hydrogens is 252 g/mol. The number of rotatable bonds is 6. The third-order valence-corrected chi connectivity index (χ3v) is 3.94. The van der Waals surface area contributed by atoms with Gasteiger partial charge in [-0.05, 0) is 30.7 Å². The van der Waals surface area contributed by atoms with Crippen LogP contribution in [-0.4, -0.2) is 19.1 Å². The topological polar surface area (TPSA) is 64.3 Å². The molecule has 0 spiro atoms. The highest BCUT2D eigenvalue weighted by Crippen LogP contribution is 2.29. The molecule has 20 heavy (non-hydrogen) atoms. The lowest BCUT2D eigenvalue weighted by Gasteiger charge is -2.13. The lowest BCUT2D eigenvalue weighted by atomic mass is 10.1. The maximum Gasteiger partial charge on any atom is 0.257 e. The first-order chi connectivity index (χ1) is 9.69. The zero-order chi connectivity index (χ0) is 14.4. The van der Waals surface area contributed by atoms with Crippen LogP contribution in [0.15, 0.2) is 24.3 Å². The van der Waals surface area contributed by atoms with Crippen molar-refractivity contribution in [1.82, 2.24) is 5.32 Å². The van der Waals surface area contributed by atoms with Crippen molar-refractivity contribution in [3.8, 4) is 5.75 Å². The van der Waals surface area contributed by atoms with Crippen molar-refractivity contribution in [3.05, 3.63) is 29.8 Å². The van der Waals surface area contributed by atoms with E-state index in [2.05, 4.69) is 12.2 Å². The Morgan fingerprint density at radius 2 is 2.20 bits per heavy atom. The van der Waals surface area contributed by atoms with Crippen LogP contribution in [0.1, 0.15) is 31.7 Å². The van der Waals surface area contributed by atoms with Gasteiger partial charge in [0.2, 0.25) is 0 Å². The molecule has 1 amide bonds. The number of carbonyl (C=O) groups excluding carboxylic acids is 1. The molecule has 1 fully saturated rings. The second-order valence-electron chi connectivity index (χ2n) is 5.69. The molecule has 4 nitrogen and oxygen atoms in total. The molecule has 0 bridgehead atoms. The van der Waals surface area contributed by atoms with Gasteiger partial charge in [-0.1, -0.05) is 31.5 Å². The van der Waals surface area contributed by atoms with Crippen molar-refractivity contribution in [2.75, 3.05) is 13.2 Å². The zero-order valence-corrected chi connectivity index (χ0v) is 12.1. The van der Waals surface area contributed by atoms with Gasteiger partial charge < -0.3 is 15.8 Å². The Kier molecular flexibility index (Phi) is 5.41. The summed E-state index contributed by atoms with van der Waals surface area (Å²) in [5, 5.41) is 2.96. The van der Waals surface area contributed by atoms with E-state index >= 15 is 0 Å². The lowest BCUT2D eigenvalue weighted by molar-refractivity contribution is -0.123. The molecule has 1 saturated carbocycles. The Balaban J connectivity index is 1.72. The fourth-order valence-corrected chi connectivity index (χ4v) is 2.78. The first-order valence-corrected chi connectivity index (χ1v) is 7.36. The predicted molar refractivity (Wildman–Crippen MR) is 79.3 cm³/mol. The van der Waals surface area contributed by atoms with Crippen molar-refractivity contribution >= 4 is 5.91 Å². The first-order valence-electron chi connectivity index (χ1n) is 7.36. The molecule has 0 heterocycles. The minimum Gasteiger partial charge on any atom is -0.483 e. The smallest absolute Gasteiger partial charge is 0.257 e. The van der Waals surface area contributed by atoms with Gasteiger partial charge in [-0.2, -0.15) is 0 Å². The van der Waals surface area contributed by atoms with Crippen LogP contribution < -0.4 is 15.8 Å². The highest BCUT2D eigenvalue weighted by molar-refractivity contribution is 5.77. The second-order valence-corrected chi connectivity index (χ2v) is 5.69. The van der Waals surface area contributed by atoms with E-state index in [1.54, 1.807) is 0 Å². The number of nitrogens with two attached hydrogens (primary N) is 1. The molecule has 0 aliphatic heterocycles. The fraction of sp³-hybridized carbons (Fsp3) is 0.562. The number of benzene rings is 1. The van der Waals surface area contributed by atoms with Gasteiger partial charge in [-0.3, -0.25) is 4.79 Å². The summed E-state index contributed by atoms with van der Waals surface area (Å²) in [6.07, 6.45) is 3.72. The second kappa shape index (κ2) is 7.29. The monoisotopic (exact) mass is 276 g/mol. The Morgan fingerprint density at radius 1 is 1.40 bits per heavy atom. The van der Waals surface area contributed by atoms with Crippen molar-refractivity contribution < 1.29 is 9.53 Å². The summed E-state index contributed by atoms with van der Waals surface area (Å²) in [6, 6.07) is 7.55. The maximum absolute atomic E-state index is 11.8. The molecule has 1 aliphatic carbocycles. The minimum atomic E-state index is -0.0589. The van der Waals surface area contributed by atoms with Crippen molar-refractivity contribution in [2.45, 2.75) is 32.7 Å². The van der Waals surface area contributed by atoms with Gasteiger partial charge in [-0.15, -0.1) is 0 Å². The summed E-state index contributed by atoms with van der Waals surface area (Å²) in [5.74, 6) is 2.06. The highest BCUT2D eigenvalue weighted by atomic mass is 16.5. The van der Waals surface area contributed by atoms with Crippen LogP contribution in [0.4, 0.5) is 0 Å². The number of para-hydroxylation sites is 1. The van der Waals surface area contributed by atoms with Gasteiger partial charge in [0.15, 0.2) is 6.61 Å². The van der Waals surface area contributed by atoms with Gasteiger partial charge in [-0.25, -0.2) is 0 Å². The Morgan fingerprint density at radius 3 is 2.90 bits per heavy atom. The normalized spacial score (nSPS) is 21.7. The fourth-order valence-electron chi connectivity index (χ4n) is 2.78. The number of carbonyl (C=O) groups is 1. The molecule has 1 aromatic carbocycles. The third kappa shape index (κ3) is 4.23. The van der Waals surface area contributed by atoms with Crippen LogP contribution in [-0.2, 0) is 11.3 Å². The standard InChI is InChI=1S/C16H24N2O2/c1-12-6-7-13(8-12)10-18-16(19)11-20-15-5-3-2-4-14(15)9-17/h2-5,12-13H,6-11,17H2,1H3,(H,18,19). The van der Waals surface area contributed by atoms with E-state index in [1.807, 2.05) is 24.3 Å². The molecule has 0 radical (unpaired) electrons. The van der Waals surface area contributed by atoms with E-state index in [0.29, 0.717) is 18.2 Å². The zero-order valence-electron chi connectivity index (χ0n) is 12.1. The van der Waals surface area contributed by atoms with Crippen LogP contribution in [0.3, 0.4) is 0 Å². The van der Waals surface area contributed by atoms with Crippen molar-refractivity contribution in [1.29, 1.82) is 0 Å². The molecular formula is C16H24N2O2. The van der Waals surface area contributed by atoms with Crippen LogP contribution in [0.2, 0.25) is 0 Å². The predicted octanol–water partition coefficient (Wildman–Crippen LogP) is 2.08. The van der Waals surface area contributed by atoms with E-state index in [4.69, 9.17) is 10.5 Å². The summed E-state index contributed by atoms with van der Waals surface area (Å²) in [5.41, 5.74) is 6.55. The van der Waals surface area contributed by atoms with E-state index < -0.39 is 0 Å². The molecule has 0 aromatic heterocycles. The minimum absolute atomic E-state index is 0.0548. The lowest BCUT2D eigenvalue weighted by Crippen LogP contribution is -2.32. The summed E-state index contributed by atoms with van der Waals surface area (Å²) >= 11 is 0. The SMILES string of the molecule is CC1CCC(CNC(=O)COc2ccccc2CN)C1. The molecule has 0 saturated heterocycles. The van der Waals surface area contributed by atoms with Crippen molar-refractivity contribution in [3.63, 3.8) is 0 Å². The Hall–Kier alpha value is -1.55. The van der Waals surface area contributed by atoms with E-state index in [1.165, 1.54) is 19.3 Å². The quantitative estimate of drug-likeness (QED) is 0.836. The summed E-state index contributed by atoms with van der Waals surface area (Å²) in [4.78, 5) is 11.8. The van der Waals surface area contributed by atoms with E-state index in [9.17, 15) is 4.79 Å². The van der Waals surface area contributed by atoms with Gasteiger partial charge in [0, 0.05) is 18.7 Å². The summed E-state index contributed by atoms with van der Waals surface area (Å²) in [6.45, 7) is 3.51. The largest absolute Gasteiger partial charge is 0.483 e. The molecule has 4 heteroatoms. The highest BCUT2D eigenvalue weighted by Gasteiger charge is 2.21. The molecule has 2 unspecified atom stereocenters. The van der Waals surface area contributed by atoms with E-state index in [0.717, 1.165) is 18.0 Å². The van der Waals surface area contributed by atoms with Crippen LogP contribution >= 0.6 is 0 Å². The number of nitrogens with one attached hydrogen (secondary N) is 1. The molecule has 110 valence electrons. The molecule has 3 N–H and O–H groups in total. The number of ether oxygens (including phenoxy) is 1. The maximum atomic E-state index is 11.8. The van der Waals surface area contributed by atoms with Gasteiger partial charge >= 0.3 is 0 Å². The average Bonchev–Trinajstić information content (AvgIpc) is 2.89. The van der Waals surface area contributed by atoms with Crippen LogP contribution in [0.5, 0.6) is 5.75 Å². The average molecular weight is 276 g/mol. The number of amides is 1. The molecule has 2 atom stereocenters. The summed E-state index contributed by atoms with van der Waals surface area (Å²) in [7, 11) is 0. The van der Waals surface area contributed by atoms with Gasteiger partial charge in [0.05, 0.1) is 0 Å². The van der Waals surface area contributed by atoms with Gasteiger partial charge in [0.1, 0.15) is 5.75 Å². The van der Waals surface area contributed by atoms with E-state index in [-0.39, 0.29) is 12.5 Å². The Labute approximate surface area is 120 Å². The number of hydrogen-bond acceptors (Lipinski definition) is 3. The first kappa shape index (κ1) is 14.9. The molecule has 1 aliphatic rings. The summed E-state index contributed by atoms with van der Waals surface area (Å²) < 4.78 is 5.53. The van der Waals surface area contributed by atoms with Gasteiger partial charge in [0.25, 0.3) is 5.91 Å².